The average Bonchev–Trinajstić information content (AvgIpc) is 3.04. The first kappa shape index (κ1) is 22.8. The van der Waals surface area contributed by atoms with Crippen LogP contribution >= 0.6 is 24.0 Å². The maximum Gasteiger partial charge on any atom is 0.191 e. The molecule has 0 fully saturated rings. The summed E-state index contributed by atoms with van der Waals surface area (Å²) in [6.07, 6.45) is 3.00. The van der Waals surface area contributed by atoms with E-state index in [0.29, 0.717) is 5.92 Å². The number of benzene rings is 1. The van der Waals surface area contributed by atoms with Gasteiger partial charge in [-0.15, -0.1) is 24.0 Å². The van der Waals surface area contributed by atoms with Crippen LogP contribution in [0.5, 0.6) is 0 Å². The normalized spacial score (nSPS) is 13.9. The van der Waals surface area contributed by atoms with Gasteiger partial charge in [0.05, 0.1) is 6.04 Å². The van der Waals surface area contributed by atoms with E-state index >= 15 is 0 Å². The van der Waals surface area contributed by atoms with Crippen molar-refractivity contribution in [3.63, 3.8) is 0 Å². The van der Waals surface area contributed by atoms with Crippen molar-refractivity contribution in [3.05, 3.63) is 36.1 Å². The maximum absolute atomic E-state index is 9.20. The summed E-state index contributed by atoms with van der Waals surface area (Å²) in [6, 6.07) is 10.1. The molecule has 0 bridgehead atoms. The van der Waals surface area contributed by atoms with E-state index in [0.717, 1.165) is 55.0 Å². The number of fused-ring (bicyclic) bond motifs is 1. The first-order valence-corrected chi connectivity index (χ1v) is 9.32. The molecule has 0 aliphatic carbocycles. The first-order chi connectivity index (χ1) is 12.2. The monoisotopic (exact) mass is 473 g/mol. The van der Waals surface area contributed by atoms with Crippen LogP contribution in [-0.4, -0.2) is 30.8 Å². The predicted molar refractivity (Wildman–Crippen MR) is 119 cm³/mol. The lowest BCUT2D eigenvalue weighted by molar-refractivity contribution is 0.253. The minimum absolute atomic E-state index is 0. The molecule has 2 unspecified atom stereocenters. The smallest absolute Gasteiger partial charge is 0.191 e. The molecule has 2 atom stereocenters. The van der Waals surface area contributed by atoms with Gasteiger partial charge in [0.1, 0.15) is 11.3 Å². The van der Waals surface area contributed by atoms with Gasteiger partial charge in [0.25, 0.3) is 0 Å². The summed E-state index contributed by atoms with van der Waals surface area (Å²) in [7, 11) is 0. The molecule has 3 N–H and O–H groups in total. The third-order valence-corrected chi connectivity index (χ3v) is 4.31. The SMILES string of the molecule is CCCC(CCO)CN=C(NCC)NC(C)c1cc2ccccc2o1.I. The Kier molecular flexibility index (Phi) is 10.7. The number of nitrogens with one attached hydrogen (secondary N) is 2. The van der Waals surface area contributed by atoms with E-state index in [2.05, 4.69) is 43.5 Å². The lowest BCUT2D eigenvalue weighted by Crippen LogP contribution is -2.39. The molecule has 1 aromatic heterocycles. The van der Waals surface area contributed by atoms with Crippen LogP contribution < -0.4 is 10.6 Å². The van der Waals surface area contributed by atoms with Gasteiger partial charge in [-0.3, -0.25) is 4.99 Å². The minimum Gasteiger partial charge on any atom is -0.459 e. The molecule has 146 valence electrons. The molecule has 0 spiro atoms. The summed E-state index contributed by atoms with van der Waals surface area (Å²) in [6.45, 7) is 8.04. The molecule has 0 radical (unpaired) electrons. The van der Waals surface area contributed by atoms with Crippen LogP contribution in [0.1, 0.15) is 51.8 Å². The molecule has 0 saturated carbocycles. The zero-order valence-corrected chi connectivity index (χ0v) is 18.3. The number of aliphatic imine (C=N–C) groups is 1. The van der Waals surface area contributed by atoms with Crippen molar-refractivity contribution < 1.29 is 9.52 Å². The van der Waals surface area contributed by atoms with Gasteiger partial charge in [0.2, 0.25) is 0 Å². The zero-order valence-electron chi connectivity index (χ0n) is 16.0. The number of aliphatic hydroxyl groups excluding tert-OH is 1. The minimum atomic E-state index is 0. The number of guanidine groups is 1. The first-order valence-electron chi connectivity index (χ1n) is 9.32. The molecule has 2 aromatic rings. The van der Waals surface area contributed by atoms with Crippen molar-refractivity contribution in [1.29, 1.82) is 0 Å². The molecule has 0 saturated heterocycles. The van der Waals surface area contributed by atoms with Gasteiger partial charge >= 0.3 is 0 Å². The summed E-state index contributed by atoms with van der Waals surface area (Å²) in [4.78, 5) is 4.71. The molecule has 5 nitrogen and oxygen atoms in total. The number of halogens is 1. The Morgan fingerprint density at radius 3 is 2.65 bits per heavy atom. The van der Waals surface area contributed by atoms with E-state index in [1.807, 2.05) is 18.2 Å². The third-order valence-electron chi connectivity index (χ3n) is 4.31. The van der Waals surface area contributed by atoms with Crippen molar-refractivity contribution in [1.82, 2.24) is 10.6 Å². The van der Waals surface area contributed by atoms with E-state index < -0.39 is 0 Å². The molecule has 26 heavy (non-hydrogen) atoms. The quantitative estimate of drug-likeness (QED) is 0.286. The Hall–Kier alpha value is -1.28. The highest BCUT2D eigenvalue weighted by Crippen LogP contribution is 2.23. The van der Waals surface area contributed by atoms with Gasteiger partial charge in [-0.2, -0.15) is 0 Å². The van der Waals surface area contributed by atoms with Crippen molar-refractivity contribution in [3.8, 4) is 0 Å². The van der Waals surface area contributed by atoms with Crippen LogP contribution in [0.25, 0.3) is 11.0 Å². The fourth-order valence-corrected chi connectivity index (χ4v) is 2.95. The Balaban J connectivity index is 0.00000338. The van der Waals surface area contributed by atoms with Crippen LogP contribution in [0.15, 0.2) is 39.7 Å². The topological polar surface area (TPSA) is 69.8 Å². The van der Waals surface area contributed by atoms with Crippen molar-refractivity contribution >= 4 is 40.9 Å². The Morgan fingerprint density at radius 2 is 2.00 bits per heavy atom. The lowest BCUT2D eigenvalue weighted by Gasteiger charge is -2.18. The Bertz CT molecular complexity index is 633. The number of aliphatic hydroxyl groups is 1. The van der Waals surface area contributed by atoms with Gasteiger partial charge in [-0.05, 0) is 44.7 Å². The van der Waals surface area contributed by atoms with Gasteiger partial charge in [-0.1, -0.05) is 31.5 Å². The molecule has 0 aliphatic heterocycles. The molecule has 0 amide bonds. The molecule has 2 rings (SSSR count). The number of rotatable bonds is 9. The van der Waals surface area contributed by atoms with Crippen LogP contribution in [0.3, 0.4) is 0 Å². The summed E-state index contributed by atoms with van der Waals surface area (Å²) >= 11 is 0. The van der Waals surface area contributed by atoms with E-state index in [-0.39, 0.29) is 36.6 Å². The Morgan fingerprint density at radius 1 is 1.23 bits per heavy atom. The second-order valence-electron chi connectivity index (χ2n) is 6.44. The number of nitrogens with zero attached hydrogens (tertiary/aromatic N) is 1. The fraction of sp³-hybridized carbons (Fsp3) is 0.550. The highest BCUT2D eigenvalue weighted by atomic mass is 127. The molecule has 0 aliphatic rings. The van der Waals surface area contributed by atoms with E-state index in [9.17, 15) is 5.11 Å². The van der Waals surface area contributed by atoms with E-state index in [4.69, 9.17) is 9.41 Å². The van der Waals surface area contributed by atoms with Gasteiger partial charge < -0.3 is 20.2 Å². The number of furan rings is 1. The molecular weight excluding hydrogens is 441 g/mol. The van der Waals surface area contributed by atoms with E-state index in [1.54, 1.807) is 0 Å². The molecule has 1 aromatic carbocycles. The second kappa shape index (κ2) is 12.2. The van der Waals surface area contributed by atoms with Crippen LogP contribution in [0.2, 0.25) is 0 Å². The molecule has 1 heterocycles. The maximum atomic E-state index is 9.20. The van der Waals surface area contributed by atoms with Gasteiger partial charge in [0, 0.05) is 25.1 Å². The summed E-state index contributed by atoms with van der Waals surface area (Å²) in [5, 5.41) is 17.0. The molecular formula is C20H32IN3O2. The van der Waals surface area contributed by atoms with E-state index in [1.165, 1.54) is 0 Å². The highest BCUT2D eigenvalue weighted by molar-refractivity contribution is 14.0. The second-order valence-corrected chi connectivity index (χ2v) is 6.44. The number of hydrogen-bond acceptors (Lipinski definition) is 3. The standard InChI is InChI=1S/C20H31N3O2.HI/c1-4-8-16(11-12-24)14-22-20(21-5-2)23-15(3)19-13-17-9-6-7-10-18(17)25-19;/h6-7,9-10,13,15-16,24H,4-5,8,11-12,14H2,1-3H3,(H2,21,22,23);1H. The van der Waals surface area contributed by atoms with Gasteiger partial charge in [0.15, 0.2) is 5.96 Å². The van der Waals surface area contributed by atoms with Crippen LogP contribution in [0, 0.1) is 5.92 Å². The van der Waals surface area contributed by atoms with Crippen LogP contribution in [0.4, 0.5) is 0 Å². The molecule has 6 heteroatoms. The van der Waals surface area contributed by atoms with Crippen molar-refractivity contribution in [2.24, 2.45) is 10.9 Å². The van der Waals surface area contributed by atoms with Crippen LogP contribution in [-0.2, 0) is 0 Å². The zero-order chi connectivity index (χ0) is 18.1. The number of hydrogen-bond donors (Lipinski definition) is 3. The number of para-hydroxylation sites is 1. The van der Waals surface area contributed by atoms with Crippen molar-refractivity contribution in [2.45, 2.75) is 46.1 Å². The third kappa shape index (κ3) is 6.79. The summed E-state index contributed by atoms with van der Waals surface area (Å²) < 4.78 is 5.93. The highest BCUT2D eigenvalue weighted by Gasteiger charge is 2.14. The summed E-state index contributed by atoms with van der Waals surface area (Å²) in [5.74, 6) is 2.11. The predicted octanol–water partition coefficient (Wildman–Crippen LogP) is 4.47. The fourth-order valence-electron chi connectivity index (χ4n) is 2.95. The van der Waals surface area contributed by atoms with Gasteiger partial charge in [-0.25, -0.2) is 0 Å². The summed E-state index contributed by atoms with van der Waals surface area (Å²) in [5.41, 5.74) is 0.902. The average molecular weight is 473 g/mol. The lowest BCUT2D eigenvalue weighted by atomic mass is 10.0. The largest absolute Gasteiger partial charge is 0.459 e. The Labute approximate surface area is 173 Å². The van der Waals surface area contributed by atoms with Crippen molar-refractivity contribution in [2.75, 3.05) is 19.7 Å².